The summed E-state index contributed by atoms with van der Waals surface area (Å²) in [7, 11) is 0. The van der Waals surface area contributed by atoms with Crippen molar-refractivity contribution in [2.75, 3.05) is 0 Å². The molecule has 9 atom stereocenters. The maximum Gasteiger partial charge on any atom is 0.306 e. The van der Waals surface area contributed by atoms with E-state index in [4.69, 9.17) is 11.2 Å². The first kappa shape index (κ1) is 24.9. The predicted octanol–water partition coefficient (Wildman–Crippen LogP) is 8.05. The summed E-state index contributed by atoms with van der Waals surface area (Å²) in [5, 5.41) is 0. The average Bonchev–Trinajstić information content (AvgIpc) is 3.23. The first-order chi connectivity index (χ1) is 16.8. The Bertz CT molecular complexity index is 930. The SMILES string of the molecule is C#C[C@H]1CC[C@@]2(C)C(CC[C@H]3[C@@H]4CC[C@H]([C@H](C)CCC(=O)OCc5ccccc5)[C@@]4(C)CC[C@@H]32)C1. The minimum atomic E-state index is -0.0436. The summed E-state index contributed by atoms with van der Waals surface area (Å²) in [6, 6.07) is 10.0. The number of hydrogen-bond acceptors (Lipinski definition) is 2. The molecule has 0 heterocycles. The van der Waals surface area contributed by atoms with Crippen molar-refractivity contribution >= 4 is 5.97 Å². The Kier molecular flexibility index (Phi) is 7.09. The Labute approximate surface area is 214 Å². The molecule has 35 heavy (non-hydrogen) atoms. The normalized spacial score (nSPS) is 41.1. The molecule has 0 spiro atoms. The highest BCUT2D eigenvalue weighted by Crippen LogP contribution is 2.68. The van der Waals surface area contributed by atoms with E-state index < -0.39 is 0 Å². The molecule has 0 radical (unpaired) electrons. The summed E-state index contributed by atoms with van der Waals surface area (Å²) in [4.78, 5) is 12.5. The molecule has 0 bridgehead atoms. The van der Waals surface area contributed by atoms with Gasteiger partial charge in [-0.25, -0.2) is 0 Å². The van der Waals surface area contributed by atoms with Crippen molar-refractivity contribution in [3.8, 4) is 12.3 Å². The van der Waals surface area contributed by atoms with E-state index in [9.17, 15) is 4.79 Å². The van der Waals surface area contributed by atoms with Crippen LogP contribution in [0.3, 0.4) is 0 Å². The summed E-state index contributed by atoms with van der Waals surface area (Å²) in [5.74, 6) is 8.44. The van der Waals surface area contributed by atoms with Crippen molar-refractivity contribution in [2.24, 2.45) is 52.3 Å². The van der Waals surface area contributed by atoms with E-state index in [2.05, 4.69) is 26.7 Å². The van der Waals surface area contributed by atoms with Gasteiger partial charge in [-0.3, -0.25) is 4.79 Å². The summed E-state index contributed by atoms with van der Waals surface area (Å²) < 4.78 is 5.57. The zero-order valence-corrected chi connectivity index (χ0v) is 22.3. The van der Waals surface area contributed by atoms with Crippen molar-refractivity contribution < 1.29 is 9.53 Å². The second kappa shape index (κ2) is 9.95. The maximum atomic E-state index is 12.5. The molecular formula is C33H46O2. The fourth-order valence-electron chi connectivity index (χ4n) is 9.74. The molecule has 1 unspecified atom stereocenters. The van der Waals surface area contributed by atoms with Crippen LogP contribution in [-0.4, -0.2) is 5.97 Å². The van der Waals surface area contributed by atoms with E-state index >= 15 is 0 Å². The van der Waals surface area contributed by atoms with Crippen LogP contribution in [0.4, 0.5) is 0 Å². The number of fused-ring (bicyclic) bond motifs is 5. The van der Waals surface area contributed by atoms with Crippen LogP contribution in [-0.2, 0) is 16.1 Å². The zero-order valence-electron chi connectivity index (χ0n) is 22.3. The lowest BCUT2D eigenvalue weighted by Gasteiger charge is -2.61. The number of carbonyl (C=O) groups excluding carboxylic acids is 1. The van der Waals surface area contributed by atoms with Crippen molar-refractivity contribution in [1.82, 2.24) is 0 Å². The van der Waals surface area contributed by atoms with E-state index in [0.29, 0.717) is 35.7 Å². The van der Waals surface area contributed by atoms with Gasteiger partial charge in [-0.15, -0.1) is 12.3 Å². The van der Waals surface area contributed by atoms with Gasteiger partial charge >= 0.3 is 5.97 Å². The molecule has 2 heteroatoms. The summed E-state index contributed by atoms with van der Waals surface area (Å²) in [5.41, 5.74) is 2.03. The highest BCUT2D eigenvalue weighted by molar-refractivity contribution is 5.69. The lowest BCUT2D eigenvalue weighted by molar-refractivity contribution is -0.145. The number of terminal acetylenes is 1. The molecule has 4 aliphatic carbocycles. The largest absolute Gasteiger partial charge is 0.461 e. The second-order valence-corrected chi connectivity index (χ2v) is 13.2. The molecule has 5 rings (SSSR count). The molecule has 4 aliphatic rings. The van der Waals surface area contributed by atoms with Gasteiger partial charge in [0.25, 0.3) is 0 Å². The Morgan fingerprint density at radius 1 is 1.03 bits per heavy atom. The van der Waals surface area contributed by atoms with Crippen molar-refractivity contribution in [1.29, 1.82) is 0 Å². The monoisotopic (exact) mass is 474 g/mol. The lowest BCUT2D eigenvalue weighted by Crippen LogP contribution is -2.53. The van der Waals surface area contributed by atoms with E-state index in [1.807, 2.05) is 30.3 Å². The Balaban J connectivity index is 1.18. The third-order valence-electron chi connectivity index (χ3n) is 11.7. The van der Waals surface area contributed by atoms with Crippen molar-refractivity contribution in [3.05, 3.63) is 35.9 Å². The topological polar surface area (TPSA) is 26.3 Å². The van der Waals surface area contributed by atoms with Crippen LogP contribution in [0, 0.1) is 64.6 Å². The van der Waals surface area contributed by atoms with E-state index in [0.717, 1.165) is 41.6 Å². The van der Waals surface area contributed by atoms with Gasteiger partial charge in [0, 0.05) is 12.3 Å². The van der Waals surface area contributed by atoms with Gasteiger partial charge in [-0.1, -0.05) is 51.1 Å². The van der Waals surface area contributed by atoms with Crippen LogP contribution in [0.25, 0.3) is 0 Å². The van der Waals surface area contributed by atoms with Gasteiger partial charge in [0.1, 0.15) is 6.61 Å². The second-order valence-electron chi connectivity index (χ2n) is 13.2. The molecule has 190 valence electrons. The average molecular weight is 475 g/mol. The molecule has 0 aliphatic heterocycles. The highest BCUT2D eigenvalue weighted by Gasteiger charge is 2.60. The Morgan fingerprint density at radius 3 is 2.54 bits per heavy atom. The first-order valence-electron chi connectivity index (χ1n) is 14.5. The lowest BCUT2D eigenvalue weighted by atomic mass is 9.44. The molecule has 0 saturated heterocycles. The third kappa shape index (κ3) is 4.58. The van der Waals surface area contributed by atoms with E-state index in [1.165, 1.54) is 57.8 Å². The fraction of sp³-hybridized carbons (Fsp3) is 0.727. The number of esters is 1. The van der Waals surface area contributed by atoms with Crippen molar-refractivity contribution in [2.45, 2.75) is 98.0 Å². The van der Waals surface area contributed by atoms with Crippen LogP contribution in [0.2, 0.25) is 0 Å². The predicted molar refractivity (Wildman–Crippen MR) is 142 cm³/mol. The maximum absolute atomic E-state index is 12.5. The molecule has 0 amide bonds. The van der Waals surface area contributed by atoms with Crippen LogP contribution in [0.15, 0.2) is 30.3 Å². The van der Waals surface area contributed by atoms with Gasteiger partial charge in [0.05, 0.1) is 0 Å². The van der Waals surface area contributed by atoms with Gasteiger partial charge in [0.2, 0.25) is 0 Å². The first-order valence-corrected chi connectivity index (χ1v) is 14.5. The molecule has 0 aromatic heterocycles. The van der Waals surface area contributed by atoms with Gasteiger partial charge < -0.3 is 4.74 Å². The number of carbonyl (C=O) groups is 1. The van der Waals surface area contributed by atoms with E-state index in [-0.39, 0.29) is 5.97 Å². The van der Waals surface area contributed by atoms with Crippen LogP contribution in [0.5, 0.6) is 0 Å². The van der Waals surface area contributed by atoms with E-state index in [1.54, 1.807) is 0 Å². The molecule has 1 aromatic rings. The number of rotatable bonds is 6. The fourth-order valence-corrected chi connectivity index (χ4v) is 9.74. The molecule has 4 saturated carbocycles. The van der Waals surface area contributed by atoms with Crippen LogP contribution >= 0.6 is 0 Å². The standard InChI is InChI=1S/C33H46O2/c1-5-24-17-19-32(3)26(21-24)12-13-27-29-15-14-28(33(29,4)20-18-30(27)32)23(2)11-16-31(34)35-22-25-9-7-6-8-10-25/h1,6-10,23-24,26-30H,11-22H2,2-4H3/t23-,24+,26?,27+,28-,29+,30+,32+,33-/m1/s1. The summed E-state index contributed by atoms with van der Waals surface area (Å²) in [6.45, 7) is 8.07. The molecular weight excluding hydrogens is 428 g/mol. The quantitative estimate of drug-likeness (QED) is 0.308. The zero-order chi connectivity index (χ0) is 24.6. The van der Waals surface area contributed by atoms with Crippen LogP contribution in [0.1, 0.15) is 97.0 Å². The molecule has 1 aromatic carbocycles. The van der Waals surface area contributed by atoms with Gasteiger partial charge in [-0.05, 0) is 116 Å². The van der Waals surface area contributed by atoms with Gasteiger partial charge in [0.15, 0.2) is 0 Å². The highest BCUT2D eigenvalue weighted by atomic mass is 16.5. The number of benzene rings is 1. The minimum Gasteiger partial charge on any atom is -0.461 e. The summed E-state index contributed by atoms with van der Waals surface area (Å²) >= 11 is 0. The third-order valence-corrected chi connectivity index (χ3v) is 11.7. The number of ether oxygens (including phenoxy) is 1. The molecule has 4 fully saturated rings. The Morgan fingerprint density at radius 2 is 1.77 bits per heavy atom. The van der Waals surface area contributed by atoms with Crippen molar-refractivity contribution in [3.63, 3.8) is 0 Å². The smallest absolute Gasteiger partial charge is 0.306 e. The Hall–Kier alpha value is -1.75. The number of hydrogen-bond donors (Lipinski definition) is 0. The van der Waals surface area contributed by atoms with Gasteiger partial charge in [-0.2, -0.15) is 0 Å². The minimum absolute atomic E-state index is 0.0436. The molecule has 2 nitrogen and oxygen atoms in total. The van der Waals surface area contributed by atoms with Crippen LogP contribution < -0.4 is 0 Å². The molecule has 0 N–H and O–H groups in total. The summed E-state index contributed by atoms with van der Waals surface area (Å²) in [6.07, 6.45) is 19.6.